The normalized spacial score (nSPS) is 16.0. The molecule has 1 heterocycles. The van der Waals surface area contributed by atoms with Gasteiger partial charge in [-0.05, 0) is 82.7 Å². The van der Waals surface area contributed by atoms with Crippen molar-refractivity contribution < 1.29 is 27.3 Å². The number of carbonyl (C=O) groups excluding carboxylic acids is 2. The second kappa shape index (κ2) is 12.8. The van der Waals surface area contributed by atoms with Crippen LogP contribution in [-0.4, -0.2) is 33.0 Å². The molecule has 0 radical (unpaired) electrons. The van der Waals surface area contributed by atoms with Gasteiger partial charge in [0.1, 0.15) is 5.56 Å². The summed E-state index contributed by atoms with van der Waals surface area (Å²) in [6.45, 7) is 11.2. The highest BCUT2D eigenvalue weighted by Gasteiger charge is 2.39. The Kier molecular flexibility index (Phi) is 10.3. The molecule has 1 atom stereocenters. The van der Waals surface area contributed by atoms with Gasteiger partial charge in [0.05, 0.1) is 22.5 Å². The summed E-state index contributed by atoms with van der Waals surface area (Å²) in [5.41, 5.74) is 4.83. The van der Waals surface area contributed by atoms with Gasteiger partial charge in [0.15, 0.2) is 4.90 Å². The molecular formula is C30H43F3N4O3S. The van der Waals surface area contributed by atoms with Gasteiger partial charge >= 0.3 is 6.18 Å². The zero-order valence-corrected chi connectivity index (χ0v) is 25.7. The van der Waals surface area contributed by atoms with E-state index < -0.39 is 40.0 Å². The molecule has 1 saturated carbocycles. The van der Waals surface area contributed by atoms with E-state index in [-0.39, 0.29) is 17.3 Å². The van der Waals surface area contributed by atoms with Crippen LogP contribution < -0.4 is 15.8 Å². The summed E-state index contributed by atoms with van der Waals surface area (Å²) >= 11 is -2.08. The number of halogens is 3. The van der Waals surface area contributed by atoms with E-state index in [1.54, 1.807) is 47.6 Å². The molecule has 1 aromatic heterocycles. The molecule has 1 aliphatic carbocycles. The quantitative estimate of drug-likeness (QED) is 0.288. The maximum absolute atomic E-state index is 14.2. The van der Waals surface area contributed by atoms with Gasteiger partial charge in [-0.15, -0.1) is 4.72 Å². The van der Waals surface area contributed by atoms with Crippen LogP contribution in [0.5, 0.6) is 0 Å². The Morgan fingerprint density at radius 2 is 1.71 bits per heavy atom. The number of nitrogens with zero attached hydrogens (tertiary/aromatic N) is 1. The highest BCUT2D eigenvalue weighted by molar-refractivity contribution is 7.89. The van der Waals surface area contributed by atoms with E-state index in [2.05, 4.69) is 10.0 Å². The maximum Gasteiger partial charge on any atom is 0.421 e. The van der Waals surface area contributed by atoms with Crippen molar-refractivity contribution in [3.8, 4) is 11.3 Å². The van der Waals surface area contributed by atoms with Crippen molar-refractivity contribution >= 4 is 23.2 Å². The van der Waals surface area contributed by atoms with E-state index in [9.17, 15) is 27.3 Å². The van der Waals surface area contributed by atoms with Crippen LogP contribution in [0, 0.1) is 18.3 Å². The third-order valence-electron chi connectivity index (χ3n) is 7.66. The molecule has 41 heavy (non-hydrogen) atoms. The fourth-order valence-corrected chi connectivity index (χ4v) is 6.32. The lowest BCUT2D eigenvalue weighted by Gasteiger charge is -2.25. The number of carbonyl (C=O) groups is 2. The lowest BCUT2D eigenvalue weighted by molar-refractivity contribution is -0.139. The third kappa shape index (κ3) is 8.51. The number of nitrogens with one attached hydrogen (secondary N) is 2. The van der Waals surface area contributed by atoms with Crippen molar-refractivity contribution in [3.63, 3.8) is 0 Å². The van der Waals surface area contributed by atoms with Crippen molar-refractivity contribution in [1.29, 1.82) is 0 Å². The lowest BCUT2D eigenvalue weighted by Crippen LogP contribution is -2.41. The van der Waals surface area contributed by atoms with Gasteiger partial charge in [0.2, 0.25) is 5.91 Å². The molecule has 2 amide bonds. The van der Waals surface area contributed by atoms with Crippen molar-refractivity contribution in [2.24, 2.45) is 17.1 Å². The van der Waals surface area contributed by atoms with E-state index >= 15 is 0 Å². The Balaban J connectivity index is 2.03. The van der Waals surface area contributed by atoms with Crippen LogP contribution in [0.15, 0.2) is 29.2 Å². The molecule has 0 spiro atoms. The number of aromatic nitrogens is 1. The first-order chi connectivity index (χ1) is 18.9. The summed E-state index contributed by atoms with van der Waals surface area (Å²) in [7, 11) is 0. The molecule has 1 aliphatic rings. The van der Waals surface area contributed by atoms with Crippen LogP contribution in [0.3, 0.4) is 0 Å². The standard InChI is InChI=1S/C30H43F3N4O3S/c1-19-22(26(38)35-15-14-29(5,6)27(34)39)17-24(37(19)18-20-10-8-7-9-11-20)21-12-13-25(23(16-21)30(31,32)33)41(40)36-28(2,3)4/h12-13,16-17,20,36H,7-11,14-15,18H2,1-6H3,(H2,34,39)(H,35,38). The van der Waals surface area contributed by atoms with Crippen molar-refractivity contribution in [1.82, 2.24) is 14.6 Å². The van der Waals surface area contributed by atoms with Crippen LogP contribution >= 0.6 is 0 Å². The van der Waals surface area contributed by atoms with Gasteiger partial charge in [-0.3, -0.25) is 9.59 Å². The van der Waals surface area contributed by atoms with Gasteiger partial charge in [-0.2, -0.15) is 13.2 Å². The predicted octanol–water partition coefficient (Wildman–Crippen LogP) is 6.10. The summed E-state index contributed by atoms with van der Waals surface area (Å²) in [5, 5.41) is 2.84. The minimum atomic E-state index is -4.73. The fourth-order valence-electron chi connectivity index (χ4n) is 5.09. The van der Waals surface area contributed by atoms with Crippen molar-refractivity contribution in [3.05, 3.63) is 41.1 Å². The van der Waals surface area contributed by atoms with Crippen LogP contribution in [-0.2, 0) is 28.9 Å². The Morgan fingerprint density at radius 1 is 1.07 bits per heavy atom. The highest BCUT2D eigenvalue weighted by atomic mass is 32.2. The monoisotopic (exact) mass is 596 g/mol. The first-order valence-electron chi connectivity index (χ1n) is 14.1. The van der Waals surface area contributed by atoms with Crippen LogP contribution in [0.4, 0.5) is 13.2 Å². The Morgan fingerprint density at radius 3 is 2.27 bits per heavy atom. The minimum absolute atomic E-state index is 0.219. The molecule has 0 saturated heterocycles. The summed E-state index contributed by atoms with van der Waals surface area (Å²) in [5.74, 6) is -0.480. The maximum atomic E-state index is 14.2. The van der Waals surface area contributed by atoms with E-state index in [0.29, 0.717) is 41.4 Å². The molecule has 1 aromatic carbocycles. The molecular weight excluding hydrogens is 553 g/mol. The molecule has 1 unspecified atom stereocenters. The number of hydrogen-bond donors (Lipinski definition) is 3. The number of amides is 2. The zero-order valence-electron chi connectivity index (χ0n) is 24.8. The van der Waals surface area contributed by atoms with Gasteiger partial charge in [-0.25, -0.2) is 0 Å². The molecule has 2 aromatic rings. The average molecular weight is 597 g/mol. The molecule has 3 rings (SSSR count). The number of primary amides is 1. The summed E-state index contributed by atoms with van der Waals surface area (Å²) in [4.78, 5) is 24.6. The van der Waals surface area contributed by atoms with Gasteiger partial charge in [0, 0.05) is 29.9 Å². The molecule has 11 heteroatoms. The van der Waals surface area contributed by atoms with E-state index in [0.717, 1.165) is 31.7 Å². The van der Waals surface area contributed by atoms with E-state index in [4.69, 9.17) is 5.73 Å². The number of alkyl halides is 3. The fraction of sp³-hybridized carbons (Fsp3) is 0.600. The first kappa shape index (κ1) is 33.0. The Labute approximate surface area is 244 Å². The molecule has 4 N–H and O–H groups in total. The highest BCUT2D eigenvalue weighted by Crippen LogP contribution is 2.39. The van der Waals surface area contributed by atoms with E-state index in [1.807, 2.05) is 4.57 Å². The first-order valence-corrected chi connectivity index (χ1v) is 15.2. The van der Waals surface area contributed by atoms with Gasteiger partial charge in [-0.1, -0.05) is 33.1 Å². The zero-order chi connectivity index (χ0) is 30.8. The molecule has 228 valence electrons. The lowest BCUT2D eigenvalue weighted by atomic mass is 9.88. The molecule has 0 aliphatic heterocycles. The molecule has 0 bridgehead atoms. The summed E-state index contributed by atoms with van der Waals surface area (Å²) < 4.78 is 60.3. The van der Waals surface area contributed by atoms with Crippen molar-refractivity contribution in [2.45, 2.75) is 103 Å². The van der Waals surface area contributed by atoms with Gasteiger partial charge in [0.25, 0.3) is 5.91 Å². The van der Waals surface area contributed by atoms with E-state index in [1.165, 1.54) is 18.6 Å². The smallest absolute Gasteiger partial charge is 0.421 e. The number of benzene rings is 1. The summed E-state index contributed by atoms with van der Waals surface area (Å²) in [6.07, 6.45) is 1.02. The van der Waals surface area contributed by atoms with Crippen LogP contribution in [0.2, 0.25) is 0 Å². The topological polar surface area (TPSA) is 112 Å². The molecule has 7 nitrogen and oxygen atoms in total. The predicted molar refractivity (Wildman–Crippen MR) is 155 cm³/mol. The second-order valence-corrected chi connectivity index (χ2v) is 13.9. The SMILES string of the molecule is Cc1c(C(=O)NCCC(C)(C)C(N)=O)cc(-c2ccc([S+]([O-])NC(C)(C)C)c(C(F)(F)F)c2)n1CC1CCCCC1. The third-order valence-corrected chi connectivity index (χ3v) is 9.21. The number of nitrogens with two attached hydrogens (primary N) is 1. The van der Waals surface area contributed by atoms with Crippen LogP contribution in [0.25, 0.3) is 11.3 Å². The second-order valence-electron chi connectivity index (χ2n) is 12.7. The Bertz CT molecular complexity index is 1240. The van der Waals surface area contributed by atoms with Gasteiger partial charge < -0.3 is 20.2 Å². The number of rotatable bonds is 10. The largest absolute Gasteiger partial charge is 0.593 e. The Hall–Kier alpha value is -2.50. The minimum Gasteiger partial charge on any atom is -0.593 e. The summed E-state index contributed by atoms with van der Waals surface area (Å²) in [6, 6.07) is 5.45. The molecule has 1 fully saturated rings. The average Bonchev–Trinajstić information content (AvgIpc) is 3.18. The van der Waals surface area contributed by atoms with Crippen LogP contribution in [0.1, 0.15) is 94.8 Å². The van der Waals surface area contributed by atoms with Crippen molar-refractivity contribution in [2.75, 3.05) is 6.54 Å². The number of hydrogen-bond acceptors (Lipinski definition) is 4.